The van der Waals surface area contributed by atoms with Crippen molar-refractivity contribution in [1.82, 2.24) is 4.98 Å². The number of aryl methyl sites for hydroxylation is 1. The minimum atomic E-state index is -4.41. The number of alkyl halides is 3. The van der Waals surface area contributed by atoms with Crippen molar-refractivity contribution in [2.45, 2.75) is 26.1 Å². The molecule has 1 atom stereocenters. The molecule has 0 unspecified atom stereocenters. The molecule has 0 N–H and O–H groups in total. The molecule has 0 amide bonds. The van der Waals surface area contributed by atoms with E-state index in [0.29, 0.717) is 5.56 Å². The predicted molar refractivity (Wildman–Crippen MR) is 50.1 cm³/mol. The Kier molecular flexibility index (Phi) is 3.44. The highest BCUT2D eigenvalue weighted by Crippen LogP contribution is 2.30. The number of hydrogen-bond donors (Lipinski definition) is 0. The van der Waals surface area contributed by atoms with E-state index < -0.39 is 12.3 Å². The molecule has 1 aromatic heterocycles. The van der Waals surface area contributed by atoms with Gasteiger partial charge < -0.3 is 4.74 Å². The predicted octanol–water partition coefficient (Wildman–Crippen LogP) is 3.37. The quantitative estimate of drug-likeness (QED) is 0.738. The maximum Gasteiger partial charge on any atom is 0.425 e. The molecule has 15 heavy (non-hydrogen) atoms. The third-order valence-corrected chi connectivity index (χ3v) is 2.08. The summed E-state index contributed by atoms with van der Waals surface area (Å²) in [6.45, 7) is 2.52. The fraction of sp³-hybridized carbons (Fsp3) is 0.444. The van der Waals surface area contributed by atoms with E-state index in [-0.39, 0.29) is 10.9 Å². The van der Waals surface area contributed by atoms with E-state index in [2.05, 4.69) is 4.98 Å². The average molecular weight is 240 g/mol. The van der Waals surface area contributed by atoms with Crippen molar-refractivity contribution in [3.8, 4) is 5.75 Å². The molecule has 2 nitrogen and oxygen atoms in total. The van der Waals surface area contributed by atoms with Crippen molar-refractivity contribution in [3.05, 3.63) is 23.0 Å². The summed E-state index contributed by atoms with van der Waals surface area (Å²) in [7, 11) is 0. The van der Waals surface area contributed by atoms with Crippen molar-refractivity contribution >= 4 is 11.6 Å². The SMILES string of the molecule is Cc1ccnc(Cl)c1O[C@@H](C)C(F)(F)F. The number of pyridine rings is 1. The van der Waals surface area contributed by atoms with Gasteiger partial charge in [0.1, 0.15) is 0 Å². The van der Waals surface area contributed by atoms with Crippen LogP contribution < -0.4 is 4.74 Å². The third-order valence-electron chi connectivity index (χ3n) is 1.81. The average Bonchev–Trinajstić information content (AvgIpc) is 2.09. The molecule has 0 aliphatic rings. The lowest BCUT2D eigenvalue weighted by Crippen LogP contribution is -2.31. The van der Waals surface area contributed by atoms with Gasteiger partial charge in [-0.15, -0.1) is 0 Å². The van der Waals surface area contributed by atoms with Crippen molar-refractivity contribution in [3.63, 3.8) is 0 Å². The molecule has 0 radical (unpaired) electrons. The monoisotopic (exact) mass is 239 g/mol. The topological polar surface area (TPSA) is 22.1 Å². The molecular weight excluding hydrogens is 231 g/mol. The molecule has 1 aromatic rings. The van der Waals surface area contributed by atoms with Crippen LogP contribution in [0.25, 0.3) is 0 Å². The second-order valence-electron chi connectivity index (χ2n) is 3.05. The molecular formula is C9H9ClF3NO. The van der Waals surface area contributed by atoms with Gasteiger partial charge in [0, 0.05) is 6.20 Å². The summed E-state index contributed by atoms with van der Waals surface area (Å²) in [5, 5.41) is -0.0638. The van der Waals surface area contributed by atoms with Crippen LogP contribution in [0.2, 0.25) is 5.15 Å². The zero-order valence-electron chi connectivity index (χ0n) is 8.10. The molecule has 84 valence electrons. The lowest BCUT2D eigenvalue weighted by Gasteiger charge is -2.19. The van der Waals surface area contributed by atoms with E-state index in [9.17, 15) is 13.2 Å². The molecule has 1 rings (SSSR count). The smallest absolute Gasteiger partial charge is 0.425 e. The zero-order valence-corrected chi connectivity index (χ0v) is 8.86. The molecule has 0 aliphatic carbocycles. The van der Waals surface area contributed by atoms with E-state index in [1.807, 2.05) is 0 Å². The van der Waals surface area contributed by atoms with Gasteiger partial charge in [-0.1, -0.05) is 11.6 Å². The normalized spacial score (nSPS) is 13.7. The molecule has 6 heteroatoms. The van der Waals surface area contributed by atoms with Gasteiger partial charge in [0.05, 0.1) is 0 Å². The largest absolute Gasteiger partial charge is 0.478 e. The Morgan fingerprint density at radius 3 is 2.53 bits per heavy atom. The molecule has 0 bridgehead atoms. The minimum absolute atomic E-state index is 0.0241. The minimum Gasteiger partial charge on any atom is -0.478 e. The van der Waals surface area contributed by atoms with Gasteiger partial charge in [0.2, 0.25) is 0 Å². The summed E-state index contributed by atoms with van der Waals surface area (Å²) in [5.74, 6) is -0.0241. The number of halogens is 4. The van der Waals surface area contributed by atoms with Crippen LogP contribution in [-0.2, 0) is 0 Å². The molecule has 0 saturated carbocycles. The van der Waals surface area contributed by atoms with E-state index in [4.69, 9.17) is 16.3 Å². The second-order valence-corrected chi connectivity index (χ2v) is 3.41. The highest BCUT2D eigenvalue weighted by atomic mass is 35.5. The Morgan fingerprint density at radius 1 is 1.47 bits per heavy atom. The first-order valence-electron chi connectivity index (χ1n) is 4.17. The summed E-state index contributed by atoms with van der Waals surface area (Å²) < 4.78 is 41.4. The van der Waals surface area contributed by atoms with Gasteiger partial charge >= 0.3 is 6.18 Å². The number of hydrogen-bond acceptors (Lipinski definition) is 2. The lowest BCUT2D eigenvalue weighted by molar-refractivity contribution is -0.189. The highest BCUT2D eigenvalue weighted by Gasteiger charge is 2.38. The van der Waals surface area contributed by atoms with Gasteiger partial charge in [0.25, 0.3) is 0 Å². The van der Waals surface area contributed by atoms with Crippen LogP contribution in [0.15, 0.2) is 12.3 Å². The standard InChI is InChI=1S/C9H9ClF3NO/c1-5-3-4-14-8(10)7(5)15-6(2)9(11,12)13/h3-4,6H,1-2H3/t6-/m0/s1. The fourth-order valence-corrected chi connectivity index (χ4v) is 1.15. The summed E-state index contributed by atoms with van der Waals surface area (Å²) in [4.78, 5) is 3.65. The second kappa shape index (κ2) is 4.26. The molecule has 0 fully saturated rings. The first-order chi connectivity index (χ1) is 6.82. The molecule has 0 aliphatic heterocycles. The van der Waals surface area contributed by atoms with E-state index >= 15 is 0 Å². The molecule has 1 heterocycles. The van der Waals surface area contributed by atoms with Crippen LogP contribution in [0.1, 0.15) is 12.5 Å². The van der Waals surface area contributed by atoms with Crippen molar-refractivity contribution in [1.29, 1.82) is 0 Å². The van der Waals surface area contributed by atoms with Gasteiger partial charge in [-0.05, 0) is 25.5 Å². The van der Waals surface area contributed by atoms with Gasteiger partial charge in [-0.25, -0.2) is 4.98 Å². The van der Waals surface area contributed by atoms with Crippen LogP contribution in [0, 0.1) is 6.92 Å². The molecule has 0 saturated heterocycles. The fourth-order valence-electron chi connectivity index (χ4n) is 0.897. The Balaban J connectivity index is 2.90. The van der Waals surface area contributed by atoms with Crippen LogP contribution in [0.3, 0.4) is 0 Å². The summed E-state index contributed by atoms with van der Waals surface area (Å²) in [6, 6.07) is 1.53. The highest BCUT2D eigenvalue weighted by molar-refractivity contribution is 6.30. The first-order valence-corrected chi connectivity index (χ1v) is 4.54. The zero-order chi connectivity index (χ0) is 11.6. The van der Waals surface area contributed by atoms with Crippen LogP contribution in [-0.4, -0.2) is 17.3 Å². The van der Waals surface area contributed by atoms with Crippen molar-refractivity contribution in [2.24, 2.45) is 0 Å². The Bertz CT molecular complexity index is 333. The van der Waals surface area contributed by atoms with Crippen LogP contribution >= 0.6 is 11.6 Å². The van der Waals surface area contributed by atoms with Crippen LogP contribution in [0.5, 0.6) is 5.75 Å². The Labute approximate surface area is 90.0 Å². The van der Waals surface area contributed by atoms with Gasteiger partial charge in [-0.3, -0.25) is 0 Å². The molecule has 0 aromatic carbocycles. The lowest BCUT2D eigenvalue weighted by atomic mass is 10.3. The van der Waals surface area contributed by atoms with E-state index in [0.717, 1.165) is 6.92 Å². The van der Waals surface area contributed by atoms with Gasteiger partial charge in [-0.2, -0.15) is 13.2 Å². The number of nitrogens with zero attached hydrogens (tertiary/aromatic N) is 1. The summed E-state index contributed by atoms with van der Waals surface area (Å²) in [5.41, 5.74) is 0.520. The maximum absolute atomic E-state index is 12.2. The maximum atomic E-state index is 12.2. The van der Waals surface area contributed by atoms with Crippen molar-refractivity contribution < 1.29 is 17.9 Å². The first kappa shape index (κ1) is 12.1. The Hall–Kier alpha value is -0.970. The molecule has 0 spiro atoms. The number of ether oxygens (including phenoxy) is 1. The number of rotatable bonds is 2. The van der Waals surface area contributed by atoms with E-state index in [1.54, 1.807) is 6.92 Å². The van der Waals surface area contributed by atoms with Crippen LogP contribution in [0.4, 0.5) is 13.2 Å². The van der Waals surface area contributed by atoms with Gasteiger partial charge in [0.15, 0.2) is 17.0 Å². The third kappa shape index (κ3) is 2.99. The Morgan fingerprint density at radius 2 is 2.07 bits per heavy atom. The van der Waals surface area contributed by atoms with Crippen molar-refractivity contribution in [2.75, 3.05) is 0 Å². The summed E-state index contributed by atoms with van der Waals surface area (Å²) >= 11 is 5.62. The summed E-state index contributed by atoms with van der Waals surface area (Å²) in [6.07, 6.45) is -4.91. The van der Waals surface area contributed by atoms with E-state index in [1.165, 1.54) is 12.3 Å². The number of aromatic nitrogens is 1.